The minimum absolute atomic E-state index is 0.122. The van der Waals surface area contributed by atoms with Crippen LogP contribution in [-0.2, 0) is 6.42 Å². The van der Waals surface area contributed by atoms with Gasteiger partial charge in [0.15, 0.2) is 0 Å². The maximum atomic E-state index is 13.5. The number of carbonyl (C=O) groups is 2. The first-order valence-electron chi connectivity index (χ1n) is 12.9. The van der Waals surface area contributed by atoms with E-state index in [1.807, 2.05) is 49.4 Å². The number of benzene rings is 2. The summed E-state index contributed by atoms with van der Waals surface area (Å²) in [6.07, 6.45) is 4.34. The molecule has 4 heterocycles. The molecule has 0 bridgehead atoms. The zero-order valence-corrected chi connectivity index (χ0v) is 22.2. The summed E-state index contributed by atoms with van der Waals surface area (Å²) in [5.41, 5.74) is 4.00. The molecule has 0 aliphatic carbocycles. The molecule has 2 aliphatic rings. The molecule has 3 amide bonds. The number of aromatic nitrogens is 1. The standard InChI is InChI=1S/C29H29N5O3S/c1-3-18-6-4-5-7-23(18)37-20-8-9-21(17(2)16-20)34-22-12-15-31-28-24(22)25(33-29(34)36)26(38-28)27(35)32-19-10-13-30-14-11-19/h4-9,12,15-16,19,30H,3,10-11,13-14H2,1-2H3,(H,32,35)(H,33,36). The van der Waals surface area contributed by atoms with E-state index >= 15 is 0 Å². The number of nitrogens with zero attached hydrogens (tertiary/aromatic N) is 2. The Morgan fingerprint density at radius 2 is 1.97 bits per heavy atom. The molecule has 3 N–H and O–H groups in total. The number of anilines is 3. The van der Waals surface area contributed by atoms with E-state index in [2.05, 4.69) is 33.9 Å². The molecule has 2 aromatic heterocycles. The Bertz CT molecular complexity index is 1540. The van der Waals surface area contributed by atoms with Gasteiger partial charge in [0.25, 0.3) is 5.91 Å². The Morgan fingerprint density at radius 3 is 2.76 bits per heavy atom. The highest BCUT2D eigenvalue weighted by Gasteiger charge is 2.33. The lowest BCUT2D eigenvalue weighted by atomic mass is 10.1. The number of thiophene rings is 1. The van der Waals surface area contributed by atoms with Crippen molar-refractivity contribution in [3.63, 3.8) is 0 Å². The average molecular weight is 528 g/mol. The van der Waals surface area contributed by atoms with Gasteiger partial charge >= 0.3 is 6.03 Å². The largest absolute Gasteiger partial charge is 0.457 e. The van der Waals surface area contributed by atoms with Gasteiger partial charge in [-0.25, -0.2) is 9.78 Å². The zero-order valence-electron chi connectivity index (χ0n) is 21.3. The second kappa shape index (κ2) is 10.1. The first kappa shape index (κ1) is 24.4. The van der Waals surface area contributed by atoms with E-state index in [0.29, 0.717) is 26.8 Å². The Hall–Kier alpha value is -3.95. The normalized spacial score (nSPS) is 15.4. The molecule has 0 radical (unpaired) electrons. The number of carbonyl (C=O) groups excluding carboxylic acids is 2. The minimum atomic E-state index is -0.313. The van der Waals surface area contributed by atoms with E-state index in [1.165, 1.54) is 11.3 Å². The topological polar surface area (TPSA) is 95.6 Å². The van der Waals surface area contributed by atoms with Crippen LogP contribution in [0.2, 0.25) is 0 Å². The summed E-state index contributed by atoms with van der Waals surface area (Å²) in [6, 6.07) is 15.3. The number of amides is 3. The second-order valence-electron chi connectivity index (χ2n) is 9.59. The lowest BCUT2D eigenvalue weighted by molar-refractivity contribution is 0.0934. The van der Waals surface area contributed by atoms with Gasteiger partial charge in [-0.1, -0.05) is 25.1 Å². The third kappa shape index (κ3) is 4.37. The molecule has 38 heavy (non-hydrogen) atoms. The van der Waals surface area contributed by atoms with Crippen molar-refractivity contribution >= 4 is 50.6 Å². The Balaban J connectivity index is 1.33. The first-order valence-corrected chi connectivity index (χ1v) is 13.8. The van der Waals surface area contributed by atoms with Crippen molar-refractivity contribution in [3.8, 4) is 11.5 Å². The molecule has 0 saturated carbocycles. The smallest absolute Gasteiger partial charge is 0.331 e. The summed E-state index contributed by atoms with van der Waals surface area (Å²) in [6.45, 7) is 5.83. The van der Waals surface area contributed by atoms with E-state index in [9.17, 15) is 9.59 Å². The number of para-hydroxylation sites is 1. The van der Waals surface area contributed by atoms with Crippen LogP contribution in [0.15, 0.2) is 54.7 Å². The average Bonchev–Trinajstić information content (AvgIpc) is 3.30. The number of piperidine rings is 1. The fourth-order valence-corrected chi connectivity index (χ4v) is 6.19. The van der Waals surface area contributed by atoms with E-state index < -0.39 is 0 Å². The van der Waals surface area contributed by atoms with Gasteiger partial charge in [-0.3, -0.25) is 9.69 Å². The van der Waals surface area contributed by atoms with Gasteiger partial charge in [0.05, 0.1) is 22.4 Å². The molecule has 8 nitrogen and oxygen atoms in total. The van der Waals surface area contributed by atoms with Crippen molar-refractivity contribution < 1.29 is 14.3 Å². The van der Waals surface area contributed by atoms with Crippen LogP contribution in [0.4, 0.5) is 21.9 Å². The molecule has 0 unspecified atom stereocenters. The van der Waals surface area contributed by atoms with E-state index in [1.54, 1.807) is 11.1 Å². The van der Waals surface area contributed by atoms with Gasteiger partial charge in [-0.15, -0.1) is 11.3 Å². The van der Waals surface area contributed by atoms with E-state index in [-0.39, 0.29) is 18.0 Å². The van der Waals surface area contributed by atoms with E-state index in [4.69, 9.17) is 4.74 Å². The van der Waals surface area contributed by atoms with Crippen LogP contribution in [0.5, 0.6) is 11.5 Å². The summed E-state index contributed by atoms with van der Waals surface area (Å²) in [5, 5.41) is 10.2. The van der Waals surface area contributed by atoms with Crippen molar-refractivity contribution in [2.45, 2.75) is 39.2 Å². The van der Waals surface area contributed by atoms with E-state index in [0.717, 1.165) is 60.3 Å². The predicted molar refractivity (Wildman–Crippen MR) is 151 cm³/mol. The van der Waals surface area contributed by atoms with Crippen LogP contribution in [0, 0.1) is 6.92 Å². The molecule has 2 aliphatic heterocycles. The number of ether oxygens (including phenoxy) is 1. The minimum Gasteiger partial charge on any atom is -0.457 e. The highest BCUT2D eigenvalue weighted by Crippen LogP contribution is 2.46. The molecule has 1 fully saturated rings. The Labute approximate surface area is 225 Å². The van der Waals surface area contributed by atoms with Crippen LogP contribution >= 0.6 is 11.3 Å². The van der Waals surface area contributed by atoms with Gasteiger partial charge in [-0.2, -0.15) is 0 Å². The molecule has 2 aromatic carbocycles. The lowest BCUT2D eigenvalue weighted by Gasteiger charge is -2.30. The fraction of sp³-hybridized carbons (Fsp3) is 0.276. The molecule has 6 rings (SSSR count). The fourth-order valence-electron chi connectivity index (χ4n) is 5.17. The van der Waals surface area contributed by atoms with Crippen molar-refractivity contribution in [3.05, 3.63) is 70.7 Å². The van der Waals surface area contributed by atoms with Gasteiger partial charge in [0, 0.05) is 12.2 Å². The monoisotopic (exact) mass is 527 g/mol. The Kier molecular flexibility index (Phi) is 6.47. The van der Waals surface area contributed by atoms with Crippen molar-refractivity contribution in [1.29, 1.82) is 0 Å². The molecular formula is C29H29N5O3S. The zero-order chi connectivity index (χ0) is 26.2. The summed E-state index contributed by atoms with van der Waals surface area (Å²) >= 11 is 1.31. The maximum absolute atomic E-state index is 13.5. The van der Waals surface area contributed by atoms with Gasteiger partial charge in [0.1, 0.15) is 21.2 Å². The van der Waals surface area contributed by atoms with Crippen LogP contribution in [-0.4, -0.2) is 36.1 Å². The SMILES string of the molecule is CCc1ccccc1Oc1ccc(N2C(=O)Nc3c(C(=O)NC4CCNCC4)sc4nccc2c34)c(C)c1. The molecule has 4 aromatic rings. The van der Waals surface area contributed by atoms with Crippen LogP contribution < -0.4 is 25.6 Å². The predicted octanol–water partition coefficient (Wildman–Crippen LogP) is 6.12. The first-order chi connectivity index (χ1) is 18.5. The van der Waals surface area contributed by atoms with Gasteiger partial charge in [0.2, 0.25) is 0 Å². The van der Waals surface area contributed by atoms with Gasteiger partial charge in [-0.05, 0) is 80.7 Å². The molecular weight excluding hydrogens is 498 g/mol. The number of nitrogens with one attached hydrogen (secondary N) is 3. The summed E-state index contributed by atoms with van der Waals surface area (Å²) < 4.78 is 6.18. The molecule has 1 saturated heterocycles. The molecule has 194 valence electrons. The van der Waals surface area contributed by atoms with Crippen LogP contribution in [0.25, 0.3) is 10.2 Å². The number of aryl methyl sites for hydroxylation is 2. The van der Waals surface area contributed by atoms with Crippen LogP contribution in [0.1, 0.15) is 40.6 Å². The Morgan fingerprint density at radius 1 is 1.16 bits per heavy atom. The lowest BCUT2D eigenvalue weighted by Crippen LogP contribution is -2.43. The van der Waals surface area contributed by atoms with Crippen molar-refractivity contribution in [2.24, 2.45) is 0 Å². The highest BCUT2D eigenvalue weighted by molar-refractivity contribution is 7.21. The third-order valence-electron chi connectivity index (χ3n) is 7.12. The molecule has 0 spiro atoms. The summed E-state index contributed by atoms with van der Waals surface area (Å²) in [4.78, 5) is 34.1. The molecule has 9 heteroatoms. The van der Waals surface area contributed by atoms with Crippen LogP contribution in [0.3, 0.4) is 0 Å². The summed E-state index contributed by atoms with van der Waals surface area (Å²) in [5.74, 6) is 1.36. The van der Waals surface area contributed by atoms with Crippen molar-refractivity contribution in [2.75, 3.05) is 23.3 Å². The van der Waals surface area contributed by atoms with Crippen molar-refractivity contribution in [1.82, 2.24) is 15.6 Å². The quantitative estimate of drug-likeness (QED) is 0.281. The van der Waals surface area contributed by atoms with Gasteiger partial charge < -0.3 is 20.7 Å². The number of urea groups is 1. The third-order valence-corrected chi connectivity index (χ3v) is 8.21. The number of rotatable bonds is 6. The summed E-state index contributed by atoms with van der Waals surface area (Å²) in [7, 11) is 0. The highest BCUT2D eigenvalue weighted by atomic mass is 32.1. The maximum Gasteiger partial charge on any atom is 0.331 e. The molecule has 0 atom stereocenters. The second-order valence-corrected chi connectivity index (χ2v) is 10.6. The number of hydrogen-bond acceptors (Lipinski definition) is 6. The number of hydrogen-bond donors (Lipinski definition) is 3. The number of pyridine rings is 1.